The maximum Gasteiger partial charge on any atom is 0.330 e. The quantitative estimate of drug-likeness (QED) is 0.353. The van der Waals surface area contributed by atoms with Gasteiger partial charge in [0.05, 0.1) is 7.11 Å². The summed E-state index contributed by atoms with van der Waals surface area (Å²) in [4.78, 5) is 10.5. The Balaban J connectivity index is 3.61. The molecule has 0 unspecified atom stereocenters. The van der Waals surface area contributed by atoms with Crippen molar-refractivity contribution in [2.75, 3.05) is 7.11 Å². The van der Waals surface area contributed by atoms with Gasteiger partial charge < -0.3 is 4.74 Å². The zero-order valence-corrected chi connectivity index (χ0v) is 7.26. The zero-order chi connectivity index (χ0) is 8.69. The van der Waals surface area contributed by atoms with Crippen LogP contribution in [0.4, 0.5) is 0 Å². The van der Waals surface area contributed by atoms with E-state index in [2.05, 4.69) is 4.74 Å². The lowest BCUT2D eigenvalue weighted by molar-refractivity contribution is -0.134. The largest absolute Gasteiger partial charge is 0.466 e. The smallest absolute Gasteiger partial charge is 0.330 e. The molecule has 2 nitrogen and oxygen atoms in total. The van der Waals surface area contributed by atoms with Crippen LogP contribution in [0.1, 0.15) is 20.3 Å². The molecule has 2 heteroatoms. The van der Waals surface area contributed by atoms with Crippen molar-refractivity contribution in [1.29, 1.82) is 0 Å². The molecule has 0 aromatic rings. The fraction of sp³-hybridized carbons (Fsp3) is 0.444. The van der Waals surface area contributed by atoms with Crippen LogP contribution in [0.15, 0.2) is 23.8 Å². The number of hydrogen-bond donors (Lipinski definition) is 0. The Hall–Kier alpha value is -1.05. The summed E-state index contributed by atoms with van der Waals surface area (Å²) in [5.74, 6) is -0.299. The molecule has 0 radical (unpaired) electrons. The first-order valence-corrected chi connectivity index (χ1v) is 3.54. The Morgan fingerprint density at radius 3 is 2.55 bits per heavy atom. The molecule has 0 aromatic carbocycles. The second-order valence-electron chi connectivity index (χ2n) is 2.44. The van der Waals surface area contributed by atoms with Crippen LogP contribution in [0, 0.1) is 0 Å². The van der Waals surface area contributed by atoms with Crippen molar-refractivity contribution in [3.63, 3.8) is 0 Å². The van der Waals surface area contributed by atoms with Gasteiger partial charge in [-0.2, -0.15) is 0 Å². The van der Waals surface area contributed by atoms with Crippen LogP contribution in [0.2, 0.25) is 0 Å². The molecule has 0 aliphatic carbocycles. The monoisotopic (exact) mass is 154 g/mol. The molecule has 0 fully saturated rings. The van der Waals surface area contributed by atoms with Crippen LogP contribution in [0.3, 0.4) is 0 Å². The number of ether oxygens (including phenoxy) is 1. The third-order valence-electron chi connectivity index (χ3n) is 1.12. The minimum atomic E-state index is -0.299. The van der Waals surface area contributed by atoms with Crippen LogP contribution in [0.25, 0.3) is 0 Å². The molecule has 0 aliphatic rings. The van der Waals surface area contributed by atoms with Crippen molar-refractivity contribution in [2.24, 2.45) is 0 Å². The fourth-order valence-corrected chi connectivity index (χ4v) is 0.536. The summed E-state index contributed by atoms with van der Waals surface area (Å²) in [7, 11) is 1.37. The molecular formula is C9H14O2. The average molecular weight is 154 g/mol. The summed E-state index contributed by atoms with van der Waals surface area (Å²) in [5.41, 5.74) is 1.25. The van der Waals surface area contributed by atoms with E-state index in [1.807, 2.05) is 19.9 Å². The normalized spacial score (nSPS) is 9.73. The van der Waals surface area contributed by atoms with Crippen molar-refractivity contribution >= 4 is 5.97 Å². The first-order chi connectivity index (χ1) is 5.16. The van der Waals surface area contributed by atoms with E-state index in [1.54, 1.807) is 6.08 Å². The van der Waals surface area contributed by atoms with Gasteiger partial charge in [0, 0.05) is 6.08 Å². The van der Waals surface area contributed by atoms with Gasteiger partial charge in [-0.05, 0) is 20.3 Å². The molecule has 11 heavy (non-hydrogen) atoms. The molecule has 0 N–H and O–H groups in total. The SMILES string of the molecule is COC(=O)C=CCC=C(C)C. The molecule has 0 atom stereocenters. The molecule has 62 valence electrons. The predicted molar refractivity (Wildman–Crippen MR) is 45.2 cm³/mol. The highest BCUT2D eigenvalue weighted by molar-refractivity contribution is 5.81. The van der Waals surface area contributed by atoms with E-state index < -0.39 is 0 Å². The second kappa shape index (κ2) is 5.71. The lowest BCUT2D eigenvalue weighted by Gasteiger charge is -1.88. The molecule has 0 aromatic heterocycles. The van der Waals surface area contributed by atoms with Gasteiger partial charge in [0.25, 0.3) is 0 Å². The number of carbonyl (C=O) groups is 1. The Morgan fingerprint density at radius 1 is 1.45 bits per heavy atom. The lowest BCUT2D eigenvalue weighted by Crippen LogP contribution is -1.92. The topological polar surface area (TPSA) is 26.3 Å². The number of esters is 1. The lowest BCUT2D eigenvalue weighted by atomic mass is 10.2. The minimum Gasteiger partial charge on any atom is -0.466 e. The van der Waals surface area contributed by atoms with Crippen molar-refractivity contribution in [3.05, 3.63) is 23.8 Å². The van der Waals surface area contributed by atoms with E-state index in [4.69, 9.17) is 0 Å². The Kier molecular flexibility index (Phi) is 5.17. The molecule has 0 amide bonds. The van der Waals surface area contributed by atoms with Gasteiger partial charge in [0.1, 0.15) is 0 Å². The molecular weight excluding hydrogens is 140 g/mol. The first-order valence-electron chi connectivity index (χ1n) is 3.54. The van der Waals surface area contributed by atoms with E-state index in [1.165, 1.54) is 18.8 Å². The van der Waals surface area contributed by atoms with Crippen molar-refractivity contribution in [1.82, 2.24) is 0 Å². The molecule has 0 bridgehead atoms. The van der Waals surface area contributed by atoms with Crippen LogP contribution in [-0.2, 0) is 9.53 Å². The summed E-state index contributed by atoms with van der Waals surface area (Å²) >= 11 is 0. The van der Waals surface area contributed by atoms with Crippen LogP contribution >= 0.6 is 0 Å². The molecule has 0 spiro atoms. The van der Waals surface area contributed by atoms with Crippen molar-refractivity contribution in [3.8, 4) is 0 Å². The van der Waals surface area contributed by atoms with E-state index in [-0.39, 0.29) is 5.97 Å². The molecule has 0 aliphatic heterocycles. The van der Waals surface area contributed by atoms with Gasteiger partial charge in [0.15, 0.2) is 0 Å². The van der Waals surface area contributed by atoms with Gasteiger partial charge in [-0.1, -0.05) is 17.7 Å². The molecule has 0 heterocycles. The van der Waals surface area contributed by atoms with Crippen LogP contribution in [0.5, 0.6) is 0 Å². The van der Waals surface area contributed by atoms with Crippen molar-refractivity contribution < 1.29 is 9.53 Å². The number of allylic oxidation sites excluding steroid dienone is 3. The number of carbonyl (C=O) groups excluding carboxylic acids is 1. The molecule has 0 saturated carbocycles. The minimum absolute atomic E-state index is 0.299. The Morgan fingerprint density at radius 2 is 2.09 bits per heavy atom. The summed E-state index contributed by atoms with van der Waals surface area (Å²) < 4.78 is 4.41. The summed E-state index contributed by atoms with van der Waals surface area (Å²) in [6, 6.07) is 0. The highest BCUT2D eigenvalue weighted by Crippen LogP contribution is 1.93. The van der Waals surface area contributed by atoms with Gasteiger partial charge >= 0.3 is 5.97 Å². The highest BCUT2D eigenvalue weighted by Gasteiger charge is 1.87. The summed E-state index contributed by atoms with van der Waals surface area (Å²) in [5, 5.41) is 0. The van der Waals surface area contributed by atoms with Gasteiger partial charge in [-0.25, -0.2) is 4.79 Å². The highest BCUT2D eigenvalue weighted by atomic mass is 16.5. The van der Waals surface area contributed by atoms with Crippen molar-refractivity contribution in [2.45, 2.75) is 20.3 Å². The van der Waals surface area contributed by atoms with E-state index in [0.717, 1.165) is 6.42 Å². The maximum atomic E-state index is 10.5. The fourth-order valence-electron chi connectivity index (χ4n) is 0.536. The van der Waals surface area contributed by atoms with E-state index >= 15 is 0 Å². The predicted octanol–water partition coefficient (Wildman–Crippen LogP) is 2.07. The van der Waals surface area contributed by atoms with Gasteiger partial charge in [0.2, 0.25) is 0 Å². The van der Waals surface area contributed by atoms with E-state index in [9.17, 15) is 4.79 Å². The average Bonchev–Trinajstić information content (AvgIpc) is 1.97. The second-order valence-corrected chi connectivity index (χ2v) is 2.44. The maximum absolute atomic E-state index is 10.5. The van der Waals surface area contributed by atoms with Gasteiger partial charge in [-0.15, -0.1) is 0 Å². The summed E-state index contributed by atoms with van der Waals surface area (Å²) in [6.07, 6.45) is 6.04. The number of hydrogen-bond acceptors (Lipinski definition) is 2. The Labute approximate surface area is 67.6 Å². The number of rotatable bonds is 3. The number of methoxy groups -OCH3 is 1. The third-order valence-corrected chi connectivity index (χ3v) is 1.12. The standard InChI is InChI=1S/C9H14O2/c1-8(2)6-4-5-7-9(10)11-3/h5-7H,4H2,1-3H3. The molecule has 0 saturated heterocycles. The third kappa shape index (κ3) is 6.84. The first kappa shape index (κ1) is 9.95. The van der Waals surface area contributed by atoms with Crippen LogP contribution in [-0.4, -0.2) is 13.1 Å². The zero-order valence-electron chi connectivity index (χ0n) is 7.26. The Bertz CT molecular complexity index is 174. The molecule has 0 rings (SSSR count). The van der Waals surface area contributed by atoms with Crippen LogP contribution < -0.4 is 0 Å². The van der Waals surface area contributed by atoms with Gasteiger partial charge in [-0.3, -0.25) is 0 Å². The summed E-state index contributed by atoms with van der Waals surface area (Å²) in [6.45, 7) is 4.04. The van der Waals surface area contributed by atoms with E-state index in [0.29, 0.717) is 0 Å².